The van der Waals surface area contributed by atoms with Gasteiger partial charge in [0.2, 0.25) is 0 Å². The van der Waals surface area contributed by atoms with Crippen molar-refractivity contribution in [2.75, 3.05) is 0 Å². The van der Waals surface area contributed by atoms with Crippen LogP contribution in [0.5, 0.6) is 0 Å². The molecule has 1 radical (unpaired) electrons. The first-order valence-corrected chi connectivity index (χ1v) is 4.78. The average molecular weight is 215 g/mol. The van der Waals surface area contributed by atoms with Crippen LogP contribution in [0.25, 0.3) is 10.1 Å². The number of hydrogen-bond donors (Lipinski definition) is 0. The molecule has 2 rings (SSSR count). The molecule has 0 atom stereocenters. The van der Waals surface area contributed by atoms with Crippen LogP contribution in [-0.2, 0) is 6.18 Å². The fourth-order valence-electron chi connectivity index (χ4n) is 1.27. The van der Waals surface area contributed by atoms with E-state index in [0.717, 1.165) is 21.7 Å². The van der Waals surface area contributed by atoms with Crippen molar-refractivity contribution in [3.8, 4) is 0 Å². The number of fused-ring (bicyclic) bond motifs is 1. The van der Waals surface area contributed by atoms with E-state index in [1.54, 1.807) is 0 Å². The standard InChI is InChI=1S/C10H6F3S/c1-6-4-7-5-8(10(11,12)13)2-3-9(7)14-6/h2-3,5H,1H3. The Labute approximate surface area is 83.0 Å². The highest BCUT2D eigenvalue weighted by molar-refractivity contribution is 7.18. The Kier molecular flexibility index (Phi) is 2.03. The van der Waals surface area contributed by atoms with Crippen LogP contribution in [0.3, 0.4) is 0 Å². The predicted octanol–water partition coefficient (Wildman–Crippen LogP) is 4.03. The molecule has 0 aliphatic carbocycles. The third-order valence-electron chi connectivity index (χ3n) is 1.88. The fraction of sp³-hybridized carbons (Fsp3) is 0.200. The summed E-state index contributed by atoms with van der Waals surface area (Å²) in [6.07, 6.45) is -4.27. The van der Waals surface area contributed by atoms with Gasteiger partial charge in [-0.3, -0.25) is 0 Å². The van der Waals surface area contributed by atoms with Gasteiger partial charge in [0.1, 0.15) is 0 Å². The highest BCUT2D eigenvalue weighted by Crippen LogP contribution is 2.33. The van der Waals surface area contributed by atoms with Gasteiger partial charge >= 0.3 is 6.18 Å². The third-order valence-corrected chi connectivity index (χ3v) is 2.86. The summed E-state index contributed by atoms with van der Waals surface area (Å²) in [4.78, 5) is 0.902. The monoisotopic (exact) mass is 215 g/mol. The maximum atomic E-state index is 12.3. The lowest BCUT2D eigenvalue weighted by Crippen LogP contribution is -2.03. The SMILES string of the molecule is Cc1[c]c2cc(C(F)(F)F)ccc2s1. The van der Waals surface area contributed by atoms with Crippen LogP contribution in [-0.4, -0.2) is 0 Å². The maximum absolute atomic E-state index is 12.3. The van der Waals surface area contributed by atoms with Gasteiger partial charge in [-0.05, 0) is 25.1 Å². The first kappa shape index (κ1) is 9.52. The summed E-state index contributed by atoms with van der Waals surface area (Å²) in [5.41, 5.74) is -0.612. The first-order valence-electron chi connectivity index (χ1n) is 3.96. The topological polar surface area (TPSA) is 0 Å². The molecule has 0 aliphatic heterocycles. The molecule has 0 nitrogen and oxygen atoms in total. The van der Waals surface area contributed by atoms with Crippen molar-refractivity contribution in [3.05, 3.63) is 34.7 Å². The van der Waals surface area contributed by atoms with E-state index in [1.165, 1.54) is 17.4 Å². The van der Waals surface area contributed by atoms with Gasteiger partial charge in [0.05, 0.1) is 5.56 Å². The third kappa shape index (κ3) is 1.62. The van der Waals surface area contributed by atoms with E-state index < -0.39 is 11.7 Å². The van der Waals surface area contributed by atoms with Crippen LogP contribution >= 0.6 is 11.3 Å². The number of aryl methyl sites for hydroxylation is 1. The minimum Gasteiger partial charge on any atom is -0.166 e. The van der Waals surface area contributed by atoms with Crippen LogP contribution in [0, 0.1) is 13.0 Å². The minimum atomic E-state index is -4.27. The van der Waals surface area contributed by atoms with Crippen molar-refractivity contribution in [2.24, 2.45) is 0 Å². The molecule has 1 aromatic heterocycles. The second kappa shape index (κ2) is 2.98. The lowest BCUT2D eigenvalue weighted by atomic mass is 10.1. The van der Waals surface area contributed by atoms with Crippen molar-refractivity contribution < 1.29 is 13.2 Å². The Morgan fingerprint density at radius 3 is 2.64 bits per heavy atom. The molecule has 2 aromatic rings. The lowest BCUT2D eigenvalue weighted by molar-refractivity contribution is -0.137. The molecule has 4 heteroatoms. The summed E-state index contributed by atoms with van der Waals surface area (Å²) >= 11 is 1.45. The molecular formula is C10H6F3S. The molecular weight excluding hydrogens is 209 g/mol. The number of rotatable bonds is 0. The van der Waals surface area contributed by atoms with Gasteiger partial charge in [0.25, 0.3) is 0 Å². The first-order chi connectivity index (χ1) is 6.47. The number of benzene rings is 1. The Morgan fingerprint density at radius 2 is 2.00 bits per heavy atom. The van der Waals surface area contributed by atoms with Crippen LogP contribution < -0.4 is 0 Å². The van der Waals surface area contributed by atoms with Gasteiger partial charge in [0.15, 0.2) is 0 Å². The molecule has 1 aromatic carbocycles. The molecule has 0 unspecified atom stereocenters. The van der Waals surface area contributed by atoms with Crippen molar-refractivity contribution in [1.82, 2.24) is 0 Å². The molecule has 0 spiro atoms. The summed E-state index contributed by atoms with van der Waals surface area (Å²) in [5, 5.41) is 0.544. The van der Waals surface area contributed by atoms with Gasteiger partial charge in [-0.1, -0.05) is 0 Å². The molecule has 0 amide bonds. The zero-order chi connectivity index (χ0) is 10.3. The maximum Gasteiger partial charge on any atom is 0.416 e. The molecule has 14 heavy (non-hydrogen) atoms. The molecule has 0 bridgehead atoms. The van der Waals surface area contributed by atoms with Gasteiger partial charge in [-0.2, -0.15) is 13.2 Å². The van der Waals surface area contributed by atoms with E-state index in [4.69, 9.17) is 0 Å². The predicted molar refractivity (Wildman–Crippen MR) is 50.4 cm³/mol. The molecule has 0 saturated carbocycles. The summed E-state index contributed by atoms with van der Waals surface area (Å²) in [5.74, 6) is 0. The smallest absolute Gasteiger partial charge is 0.166 e. The molecule has 0 fully saturated rings. The summed E-state index contributed by atoms with van der Waals surface area (Å²) < 4.78 is 37.8. The highest BCUT2D eigenvalue weighted by Gasteiger charge is 2.30. The van der Waals surface area contributed by atoms with E-state index in [-0.39, 0.29) is 0 Å². The van der Waals surface area contributed by atoms with Crippen LogP contribution in [0.1, 0.15) is 10.4 Å². The van der Waals surface area contributed by atoms with E-state index in [2.05, 4.69) is 6.07 Å². The van der Waals surface area contributed by atoms with Crippen LogP contribution in [0.4, 0.5) is 13.2 Å². The van der Waals surface area contributed by atoms with Crippen molar-refractivity contribution >= 4 is 21.4 Å². The molecule has 0 aliphatic rings. The Balaban J connectivity index is 2.62. The van der Waals surface area contributed by atoms with Crippen molar-refractivity contribution in [1.29, 1.82) is 0 Å². The number of thiophene rings is 1. The van der Waals surface area contributed by atoms with Crippen LogP contribution in [0.15, 0.2) is 18.2 Å². The second-order valence-corrected chi connectivity index (χ2v) is 4.25. The van der Waals surface area contributed by atoms with Crippen molar-refractivity contribution in [2.45, 2.75) is 13.1 Å². The highest BCUT2D eigenvalue weighted by atomic mass is 32.1. The van der Waals surface area contributed by atoms with E-state index in [0.29, 0.717) is 5.39 Å². The second-order valence-electron chi connectivity index (χ2n) is 2.99. The fourth-order valence-corrected chi connectivity index (χ4v) is 2.12. The van der Waals surface area contributed by atoms with Gasteiger partial charge in [-0.15, -0.1) is 11.3 Å². The Morgan fingerprint density at radius 1 is 1.29 bits per heavy atom. The average Bonchev–Trinajstić information content (AvgIpc) is 2.41. The van der Waals surface area contributed by atoms with E-state index in [1.807, 2.05) is 6.92 Å². The van der Waals surface area contributed by atoms with Crippen molar-refractivity contribution in [3.63, 3.8) is 0 Å². The zero-order valence-corrected chi connectivity index (χ0v) is 8.09. The van der Waals surface area contributed by atoms with Gasteiger partial charge in [0, 0.05) is 21.0 Å². The Bertz CT molecular complexity index is 468. The molecule has 73 valence electrons. The summed E-state index contributed by atoms with van der Waals surface area (Å²) in [6.45, 7) is 1.83. The largest absolute Gasteiger partial charge is 0.416 e. The normalized spacial score (nSPS) is 12.3. The van der Waals surface area contributed by atoms with Crippen LogP contribution in [0.2, 0.25) is 0 Å². The van der Waals surface area contributed by atoms with E-state index in [9.17, 15) is 13.2 Å². The number of alkyl halides is 3. The van der Waals surface area contributed by atoms with E-state index >= 15 is 0 Å². The van der Waals surface area contributed by atoms with Gasteiger partial charge < -0.3 is 0 Å². The molecule has 1 heterocycles. The zero-order valence-electron chi connectivity index (χ0n) is 7.27. The quantitative estimate of drug-likeness (QED) is 0.622. The molecule has 0 N–H and O–H groups in total. The number of halogens is 3. The molecule has 0 saturated heterocycles. The van der Waals surface area contributed by atoms with Gasteiger partial charge in [-0.25, -0.2) is 0 Å². The Hall–Kier alpha value is -1.03. The lowest BCUT2D eigenvalue weighted by Gasteiger charge is -2.05. The number of hydrogen-bond acceptors (Lipinski definition) is 1. The minimum absolute atomic E-state index is 0.544. The summed E-state index contributed by atoms with van der Waals surface area (Å²) in [6, 6.07) is 6.62. The summed E-state index contributed by atoms with van der Waals surface area (Å²) in [7, 11) is 0.